The van der Waals surface area contributed by atoms with E-state index in [1.165, 1.54) is 12.8 Å². The van der Waals surface area contributed by atoms with Crippen molar-refractivity contribution < 1.29 is 28.1 Å². The Morgan fingerprint density at radius 1 is 1.19 bits per heavy atom. The Bertz CT molecular complexity index is 1770. The first kappa shape index (κ1) is 44.5. The number of hydrogen-bond donors (Lipinski definition) is 3. The molecule has 3 aromatic rings. The second-order valence-electron chi connectivity index (χ2n) is 14.4. The van der Waals surface area contributed by atoms with E-state index >= 15 is 0 Å². The van der Waals surface area contributed by atoms with Gasteiger partial charge in [0.15, 0.2) is 5.43 Å². The number of carbonyl (C=O) groups is 3. The van der Waals surface area contributed by atoms with Crippen molar-refractivity contribution in [3.63, 3.8) is 0 Å². The van der Waals surface area contributed by atoms with Crippen LogP contribution in [0.25, 0.3) is 21.6 Å². The minimum absolute atomic E-state index is 0.00389. The highest BCUT2D eigenvalue weighted by Crippen LogP contribution is 2.39. The van der Waals surface area contributed by atoms with E-state index in [2.05, 4.69) is 47.4 Å². The normalized spacial score (nSPS) is 17.7. The maximum Gasteiger partial charge on any atom is 0.251 e. The number of hydrogen-bond acceptors (Lipinski definition) is 9. The second kappa shape index (κ2) is 21.9. The summed E-state index contributed by atoms with van der Waals surface area (Å²) >= 11 is 1.55. The van der Waals surface area contributed by atoms with Crippen LogP contribution in [-0.4, -0.2) is 81.0 Å². The summed E-state index contributed by atoms with van der Waals surface area (Å²) in [5.41, 5.74) is 3.53. The largest absolute Gasteiger partial charge is 0.496 e. The highest BCUT2D eigenvalue weighted by Gasteiger charge is 2.44. The number of H-pyrrole nitrogens is 1. The van der Waals surface area contributed by atoms with E-state index in [9.17, 15) is 23.4 Å². The van der Waals surface area contributed by atoms with Gasteiger partial charge in [-0.25, -0.2) is 9.19 Å². The molecule has 6 rings (SSSR count). The fourth-order valence-corrected chi connectivity index (χ4v) is 7.36. The standard InChI is InChI=1S/C17H18N2O2S.C14H25NO2.C5H9NO2S.C4H7NO/c1-9(2)13-8-22-17(19-13)12-7-14(20)11-5-6-15(21-4)10(3)16(11)18-12;1-4-5-6-7-11-17-13(3)14(16)15-10-8-9-12(15)2;1-5(2-3-5)9(8)6-4-7;6-3-5-4-1-2-4/h5-9H,1-4H3,(H,18,20);4,12-13H,1,5-11H2,2-3H3;4H,2-3H2,1H3,(H,6,7);3-4H,1-2H2,(H,5,6)/t;12?,13-;;/m.1../s1. The molecule has 1 saturated heterocycles. The summed E-state index contributed by atoms with van der Waals surface area (Å²) < 4.78 is 23.9. The van der Waals surface area contributed by atoms with Crippen LogP contribution in [0.2, 0.25) is 0 Å². The summed E-state index contributed by atoms with van der Waals surface area (Å²) in [4.78, 5) is 53.7. The average Bonchev–Trinajstić information content (AvgIpc) is 4.02. The van der Waals surface area contributed by atoms with Crippen LogP contribution in [0.3, 0.4) is 0 Å². The van der Waals surface area contributed by atoms with Gasteiger partial charge in [0.05, 0.1) is 28.8 Å². The van der Waals surface area contributed by atoms with Gasteiger partial charge in [-0.3, -0.25) is 23.9 Å². The maximum atomic E-state index is 12.4. The average molecular weight is 786 g/mol. The predicted molar refractivity (Wildman–Crippen MR) is 218 cm³/mol. The third kappa shape index (κ3) is 13.5. The summed E-state index contributed by atoms with van der Waals surface area (Å²) in [6.07, 6.45) is 12.5. The number of likely N-dealkylation sites (tertiary alicyclic amines) is 1. The minimum atomic E-state index is -1.14. The Morgan fingerprint density at radius 2 is 1.91 bits per heavy atom. The zero-order chi connectivity index (χ0) is 39.8. The molecule has 0 radical (unpaired) electrons. The van der Waals surface area contributed by atoms with Gasteiger partial charge in [0.2, 0.25) is 12.8 Å². The number of pyridine rings is 1. The molecule has 2 aromatic heterocycles. The first-order valence-corrected chi connectivity index (χ1v) is 20.8. The number of rotatable bonds is 15. The van der Waals surface area contributed by atoms with Crippen molar-refractivity contribution in [2.75, 3.05) is 20.3 Å². The molecule has 2 saturated carbocycles. The number of aromatic nitrogens is 2. The van der Waals surface area contributed by atoms with E-state index in [0.717, 1.165) is 91.1 Å². The topological polar surface area (TPSA) is 160 Å². The summed E-state index contributed by atoms with van der Waals surface area (Å²) in [5.74, 6) is 1.29. The van der Waals surface area contributed by atoms with Gasteiger partial charge in [0.1, 0.15) is 27.8 Å². The summed E-state index contributed by atoms with van der Waals surface area (Å²) in [6.45, 7) is 17.3. The number of nitrogens with zero attached hydrogens (tertiary/aromatic N) is 2. The van der Waals surface area contributed by atoms with Crippen molar-refractivity contribution in [1.29, 1.82) is 0 Å². The minimum Gasteiger partial charge on any atom is -0.496 e. The Labute approximate surface area is 326 Å². The van der Waals surface area contributed by atoms with Gasteiger partial charge in [-0.15, -0.1) is 17.9 Å². The number of benzene rings is 1. The highest BCUT2D eigenvalue weighted by molar-refractivity contribution is 7.85. The molecule has 3 atom stereocenters. The van der Waals surface area contributed by atoms with Gasteiger partial charge in [0, 0.05) is 47.6 Å². The SMILES string of the molecule is C=CCCCCO[C@H](C)C(=O)N1CCCC1C.CC1(S(=O)NC=O)CC1.COc1ccc2c(=O)cc(-c3nc(C(C)C)cs3)[nH]c2c1C.O=CNC1CC1. The molecule has 0 spiro atoms. The van der Waals surface area contributed by atoms with Crippen LogP contribution in [0.15, 0.2) is 41.0 Å². The summed E-state index contributed by atoms with van der Waals surface area (Å²) in [6, 6.07) is 6.16. The number of nitrogens with one attached hydrogen (secondary N) is 3. The fraction of sp³-hybridized carbons (Fsp3) is 0.575. The van der Waals surface area contributed by atoms with Crippen molar-refractivity contribution in [2.24, 2.45) is 0 Å². The van der Waals surface area contributed by atoms with Gasteiger partial charge in [-0.1, -0.05) is 19.9 Å². The van der Waals surface area contributed by atoms with E-state index in [4.69, 9.17) is 9.47 Å². The lowest BCUT2D eigenvalue weighted by molar-refractivity contribution is -0.143. The molecule has 3 fully saturated rings. The third-order valence-corrected chi connectivity index (χ3v) is 12.1. The van der Waals surface area contributed by atoms with Crippen molar-refractivity contribution >= 4 is 52.0 Å². The van der Waals surface area contributed by atoms with E-state index < -0.39 is 11.0 Å². The van der Waals surface area contributed by atoms with Crippen molar-refractivity contribution in [2.45, 2.75) is 128 Å². The molecule has 1 aliphatic heterocycles. The number of amides is 3. The molecule has 3 aliphatic rings. The lowest BCUT2D eigenvalue weighted by Gasteiger charge is -2.25. The van der Waals surface area contributed by atoms with Gasteiger partial charge < -0.3 is 24.7 Å². The molecule has 1 aromatic carbocycles. The van der Waals surface area contributed by atoms with Crippen LogP contribution in [0, 0.1) is 6.92 Å². The number of aromatic amines is 1. The smallest absolute Gasteiger partial charge is 0.251 e. The van der Waals surface area contributed by atoms with E-state index in [1.54, 1.807) is 30.6 Å². The first-order chi connectivity index (χ1) is 25.8. The van der Waals surface area contributed by atoms with Crippen LogP contribution in [0.4, 0.5) is 0 Å². The van der Waals surface area contributed by atoms with Crippen molar-refractivity contribution in [1.82, 2.24) is 24.9 Å². The number of allylic oxidation sites excluding steroid dienone is 1. The Morgan fingerprint density at radius 3 is 2.43 bits per heavy atom. The number of methoxy groups -OCH3 is 1. The predicted octanol–water partition coefficient (Wildman–Crippen LogP) is 6.69. The number of carbonyl (C=O) groups excluding carboxylic acids is 3. The number of thiazole rings is 1. The van der Waals surface area contributed by atoms with Crippen LogP contribution >= 0.6 is 11.3 Å². The second-order valence-corrected chi connectivity index (χ2v) is 17.0. The van der Waals surface area contributed by atoms with Crippen LogP contribution < -0.4 is 20.2 Å². The molecule has 14 heteroatoms. The van der Waals surface area contributed by atoms with E-state index in [1.807, 2.05) is 43.2 Å². The number of ether oxygens (including phenoxy) is 2. The van der Waals surface area contributed by atoms with Gasteiger partial charge in [-0.05, 0) is 104 Å². The summed E-state index contributed by atoms with van der Waals surface area (Å²) in [7, 11) is 0.487. The monoisotopic (exact) mass is 785 g/mol. The zero-order valence-corrected chi connectivity index (χ0v) is 34.5. The molecule has 12 nitrogen and oxygen atoms in total. The summed E-state index contributed by atoms with van der Waals surface area (Å²) in [5, 5.41) is 6.19. The number of fused-ring (bicyclic) bond motifs is 1. The molecular formula is C40H59N5O7S2. The molecule has 298 valence electrons. The van der Waals surface area contributed by atoms with Crippen LogP contribution in [0.1, 0.15) is 110 Å². The maximum absolute atomic E-state index is 12.4. The third-order valence-electron chi connectivity index (χ3n) is 9.57. The molecule has 2 aliphatic carbocycles. The van der Waals surface area contributed by atoms with Gasteiger partial charge in [-0.2, -0.15) is 0 Å². The van der Waals surface area contributed by atoms with Gasteiger partial charge >= 0.3 is 0 Å². The molecular weight excluding hydrogens is 727 g/mol. The quantitative estimate of drug-likeness (QED) is 0.0873. The Kier molecular flexibility index (Phi) is 18.0. The Hall–Kier alpha value is -3.88. The highest BCUT2D eigenvalue weighted by atomic mass is 32.2. The fourth-order valence-electron chi connectivity index (χ4n) is 5.56. The molecule has 3 N–H and O–H groups in total. The van der Waals surface area contributed by atoms with E-state index in [0.29, 0.717) is 36.4 Å². The molecule has 2 unspecified atom stereocenters. The zero-order valence-electron chi connectivity index (χ0n) is 32.9. The number of unbranched alkanes of at least 4 members (excludes halogenated alkanes) is 2. The molecule has 54 heavy (non-hydrogen) atoms. The Balaban J connectivity index is 0.000000215. The lowest BCUT2D eigenvalue weighted by Crippen LogP contribution is -2.41. The lowest BCUT2D eigenvalue weighted by atomic mass is 10.1. The van der Waals surface area contributed by atoms with Gasteiger partial charge in [0.25, 0.3) is 5.91 Å². The number of aryl methyl sites for hydroxylation is 1. The van der Waals surface area contributed by atoms with Crippen molar-refractivity contribution in [3.8, 4) is 16.5 Å². The van der Waals surface area contributed by atoms with Crippen LogP contribution in [-0.2, 0) is 30.1 Å². The van der Waals surface area contributed by atoms with E-state index in [-0.39, 0.29) is 22.2 Å². The van der Waals surface area contributed by atoms with Crippen molar-refractivity contribution in [3.05, 3.63) is 57.7 Å². The molecule has 3 amide bonds. The first-order valence-electron chi connectivity index (χ1n) is 18.8. The van der Waals surface area contributed by atoms with Crippen LogP contribution in [0.5, 0.6) is 5.75 Å². The molecule has 0 bridgehead atoms. The molecule has 3 heterocycles.